The van der Waals surface area contributed by atoms with E-state index in [0.717, 1.165) is 12.0 Å². The summed E-state index contributed by atoms with van der Waals surface area (Å²) in [5.74, 6) is 1.35. The maximum atomic E-state index is 12.5. The first-order valence-corrected chi connectivity index (χ1v) is 11.9. The summed E-state index contributed by atoms with van der Waals surface area (Å²) < 4.78 is 30.4. The molecule has 3 rings (SSSR count). The third-order valence-electron chi connectivity index (χ3n) is 6.66. The van der Waals surface area contributed by atoms with Crippen LogP contribution in [0.2, 0.25) is 0 Å². The summed E-state index contributed by atoms with van der Waals surface area (Å²) in [6.45, 7) is 6.75. The third-order valence-corrected chi connectivity index (χ3v) is 8.54. The molecule has 0 bridgehead atoms. The van der Waals surface area contributed by atoms with Gasteiger partial charge in [0.05, 0.1) is 11.5 Å². The van der Waals surface area contributed by atoms with Gasteiger partial charge in [0.1, 0.15) is 0 Å². The van der Waals surface area contributed by atoms with Crippen LogP contribution in [0.1, 0.15) is 51.5 Å². The Bertz CT molecular complexity index is 769. The number of allylic oxidation sites excluding steroid dienone is 1. The van der Waals surface area contributed by atoms with Crippen LogP contribution in [0.4, 0.5) is 0 Å². The first-order valence-electron chi connectivity index (χ1n) is 9.53. The van der Waals surface area contributed by atoms with Gasteiger partial charge in [0, 0.05) is 0 Å². The van der Waals surface area contributed by atoms with E-state index in [2.05, 4.69) is 34.8 Å². The number of aryl methyl sites for hydroxylation is 1. The van der Waals surface area contributed by atoms with Crippen LogP contribution in [0.25, 0.3) is 0 Å². The molecule has 3 nitrogen and oxygen atoms in total. The molecule has 0 spiro atoms. The van der Waals surface area contributed by atoms with E-state index in [1.807, 2.05) is 6.92 Å². The lowest BCUT2D eigenvalue weighted by Gasteiger charge is -2.44. The zero-order valence-corrected chi connectivity index (χ0v) is 18.3. The summed E-state index contributed by atoms with van der Waals surface area (Å²) in [6.07, 6.45) is 5.98. The Hall–Kier alpha value is -0.650. The van der Waals surface area contributed by atoms with Gasteiger partial charge in [0.25, 0.3) is 10.1 Å². The van der Waals surface area contributed by atoms with Crippen LogP contribution in [-0.4, -0.2) is 15.0 Å². The highest BCUT2D eigenvalue weighted by Crippen LogP contribution is 2.59. The number of benzene rings is 1. The van der Waals surface area contributed by atoms with Crippen LogP contribution in [-0.2, 0) is 14.3 Å². The highest BCUT2D eigenvalue weighted by molar-refractivity contribution is 9.11. The summed E-state index contributed by atoms with van der Waals surface area (Å²) in [5, 5.41) is 0. The molecule has 26 heavy (non-hydrogen) atoms. The van der Waals surface area contributed by atoms with Crippen molar-refractivity contribution < 1.29 is 12.6 Å². The highest BCUT2D eigenvalue weighted by atomic mass is 79.9. The normalized spacial score (nSPS) is 31.8. The van der Waals surface area contributed by atoms with E-state index in [4.69, 9.17) is 4.18 Å². The Morgan fingerprint density at radius 1 is 1.31 bits per heavy atom. The van der Waals surface area contributed by atoms with Crippen LogP contribution in [0.15, 0.2) is 39.7 Å². The molecule has 1 aromatic carbocycles. The lowest BCUT2D eigenvalue weighted by atomic mass is 9.61. The molecule has 144 valence electrons. The van der Waals surface area contributed by atoms with Crippen LogP contribution in [0.5, 0.6) is 0 Å². The molecule has 1 aromatic rings. The zero-order valence-electron chi connectivity index (χ0n) is 15.9. The molecule has 0 N–H and O–H groups in total. The molecule has 4 atom stereocenters. The SMILES string of the molecule is Cc1ccc(S(=O)(=O)OC[C@@H](C)[C@H]2CC[C@@H]3/C(=C/Br)CCC[C@@]32C)cc1. The van der Waals surface area contributed by atoms with Crippen molar-refractivity contribution >= 4 is 26.0 Å². The fourth-order valence-corrected chi connectivity index (χ4v) is 6.78. The second kappa shape index (κ2) is 7.76. The molecular weight excluding hydrogens is 412 g/mol. The first kappa shape index (κ1) is 20.1. The molecule has 2 aliphatic rings. The summed E-state index contributed by atoms with van der Waals surface area (Å²) in [4.78, 5) is 2.37. The molecule has 0 saturated heterocycles. The summed E-state index contributed by atoms with van der Waals surface area (Å²) in [6, 6.07) is 6.85. The van der Waals surface area contributed by atoms with E-state index in [0.29, 0.717) is 11.8 Å². The standard InChI is InChI=1S/C21H29BrO3S/c1-15-6-8-18(9-7-15)26(23,24)25-14-16(2)19-10-11-20-17(13-22)5-4-12-21(19,20)3/h6-9,13,16,19-20H,4-5,10-12,14H2,1-3H3/b17-13+/t16-,19-,20-,21-/m1/s1. The largest absolute Gasteiger partial charge is 0.296 e. The summed E-state index contributed by atoms with van der Waals surface area (Å²) in [5.41, 5.74) is 2.82. The number of hydrogen-bond donors (Lipinski definition) is 0. The highest BCUT2D eigenvalue weighted by Gasteiger charge is 2.50. The average Bonchev–Trinajstić information content (AvgIpc) is 2.97. The van der Waals surface area contributed by atoms with Crippen molar-refractivity contribution in [2.24, 2.45) is 23.2 Å². The Labute approximate surface area is 166 Å². The molecule has 0 amide bonds. The van der Waals surface area contributed by atoms with Crippen molar-refractivity contribution in [1.82, 2.24) is 0 Å². The number of hydrogen-bond acceptors (Lipinski definition) is 3. The third kappa shape index (κ3) is 3.81. The van der Waals surface area contributed by atoms with Gasteiger partial charge in [-0.15, -0.1) is 0 Å². The summed E-state index contributed by atoms with van der Waals surface area (Å²) >= 11 is 3.55. The quantitative estimate of drug-likeness (QED) is 0.540. The molecule has 0 heterocycles. The van der Waals surface area contributed by atoms with Gasteiger partial charge in [-0.3, -0.25) is 4.18 Å². The second-order valence-electron chi connectivity index (χ2n) is 8.31. The van der Waals surface area contributed by atoms with Gasteiger partial charge in [0.15, 0.2) is 0 Å². The zero-order chi connectivity index (χ0) is 18.9. The number of rotatable bonds is 5. The van der Waals surface area contributed by atoms with Gasteiger partial charge in [-0.25, -0.2) is 0 Å². The van der Waals surface area contributed by atoms with Gasteiger partial charge in [0.2, 0.25) is 0 Å². The molecule has 0 radical (unpaired) electrons. The molecule has 2 aliphatic carbocycles. The molecule has 0 unspecified atom stereocenters. The maximum Gasteiger partial charge on any atom is 0.296 e. The van der Waals surface area contributed by atoms with Crippen molar-refractivity contribution in [3.63, 3.8) is 0 Å². The minimum Gasteiger partial charge on any atom is -0.266 e. The van der Waals surface area contributed by atoms with Crippen molar-refractivity contribution in [2.45, 2.75) is 57.8 Å². The van der Waals surface area contributed by atoms with E-state index in [1.54, 1.807) is 24.3 Å². The van der Waals surface area contributed by atoms with E-state index >= 15 is 0 Å². The van der Waals surface area contributed by atoms with Gasteiger partial charge in [-0.2, -0.15) is 8.42 Å². The van der Waals surface area contributed by atoms with E-state index in [9.17, 15) is 8.42 Å². The van der Waals surface area contributed by atoms with E-state index in [1.165, 1.54) is 31.3 Å². The summed E-state index contributed by atoms with van der Waals surface area (Å²) in [7, 11) is -3.69. The fraction of sp³-hybridized carbons (Fsp3) is 0.619. The van der Waals surface area contributed by atoms with Crippen molar-refractivity contribution in [3.8, 4) is 0 Å². The predicted octanol–water partition coefficient (Wildman–Crippen LogP) is 5.83. The Morgan fingerprint density at radius 3 is 2.65 bits per heavy atom. The Morgan fingerprint density at radius 2 is 2.00 bits per heavy atom. The monoisotopic (exact) mass is 440 g/mol. The molecule has 2 saturated carbocycles. The van der Waals surface area contributed by atoms with Crippen LogP contribution in [0.3, 0.4) is 0 Å². The minimum atomic E-state index is -3.69. The molecule has 2 fully saturated rings. The van der Waals surface area contributed by atoms with Crippen LogP contribution < -0.4 is 0 Å². The maximum absolute atomic E-state index is 12.5. The van der Waals surface area contributed by atoms with Crippen LogP contribution >= 0.6 is 15.9 Å². The number of fused-ring (bicyclic) bond motifs is 1. The molecule has 0 aliphatic heterocycles. The number of halogens is 1. The lowest BCUT2D eigenvalue weighted by Crippen LogP contribution is -2.37. The van der Waals surface area contributed by atoms with Gasteiger partial charge in [-0.05, 0) is 79.3 Å². The van der Waals surface area contributed by atoms with Gasteiger partial charge >= 0.3 is 0 Å². The molecule has 5 heteroatoms. The van der Waals surface area contributed by atoms with Crippen LogP contribution in [0, 0.1) is 30.1 Å². The minimum absolute atomic E-state index is 0.222. The lowest BCUT2D eigenvalue weighted by molar-refractivity contribution is 0.0762. The van der Waals surface area contributed by atoms with Crippen molar-refractivity contribution in [2.75, 3.05) is 6.61 Å². The van der Waals surface area contributed by atoms with Gasteiger partial charge < -0.3 is 0 Å². The molecule has 0 aromatic heterocycles. The van der Waals surface area contributed by atoms with Crippen molar-refractivity contribution in [3.05, 3.63) is 40.4 Å². The second-order valence-corrected chi connectivity index (χ2v) is 10.4. The van der Waals surface area contributed by atoms with E-state index < -0.39 is 10.1 Å². The Balaban J connectivity index is 1.68. The predicted molar refractivity (Wildman–Crippen MR) is 109 cm³/mol. The Kier molecular flexibility index (Phi) is 6.00. The topological polar surface area (TPSA) is 43.4 Å². The molecular formula is C21H29BrO3S. The van der Waals surface area contributed by atoms with Crippen molar-refractivity contribution in [1.29, 1.82) is 0 Å². The van der Waals surface area contributed by atoms with Gasteiger partial charge in [-0.1, -0.05) is 53.0 Å². The smallest absolute Gasteiger partial charge is 0.266 e. The van der Waals surface area contributed by atoms with E-state index in [-0.39, 0.29) is 22.8 Å². The fourth-order valence-electron chi connectivity index (χ4n) is 5.23. The average molecular weight is 441 g/mol. The first-order chi connectivity index (χ1) is 12.3.